The molecule has 0 aliphatic heterocycles. The number of nitrogens with one attached hydrogen (secondary N) is 1. The minimum Gasteiger partial charge on any atom is -0.444 e. The molecule has 0 aliphatic carbocycles. The third-order valence-corrected chi connectivity index (χ3v) is 3.13. The number of alkyl carbamates (subject to hydrolysis) is 1. The number of rotatable bonds is 5. The molecule has 1 rings (SSSR count). The van der Waals surface area contributed by atoms with Crippen molar-refractivity contribution in [2.24, 2.45) is 0 Å². The topological polar surface area (TPSA) is 113 Å². The predicted molar refractivity (Wildman–Crippen MR) is 80.8 cm³/mol. The van der Waals surface area contributed by atoms with E-state index in [9.17, 15) is 14.2 Å². The number of ether oxygens (including phenoxy) is 1. The molecular weight excluding hydrogens is 309 g/mol. The number of amides is 1. The molecule has 0 heterocycles. The molecule has 22 heavy (non-hydrogen) atoms. The predicted octanol–water partition coefficient (Wildman–Crippen LogP) is 2.07. The van der Waals surface area contributed by atoms with Crippen molar-refractivity contribution in [1.29, 1.82) is 0 Å². The molecule has 7 nitrogen and oxygen atoms in total. The highest BCUT2D eigenvalue weighted by Crippen LogP contribution is 2.34. The SMILES string of the molecule is CC(C)(C)OC(=O)NCc1cccc(C(=O)CP(=O)(O)O)c1. The summed E-state index contributed by atoms with van der Waals surface area (Å²) in [6.07, 6.45) is -1.42. The molecule has 1 amide bonds. The van der Waals surface area contributed by atoms with E-state index in [0.717, 1.165) is 0 Å². The van der Waals surface area contributed by atoms with Gasteiger partial charge in [0.25, 0.3) is 0 Å². The summed E-state index contributed by atoms with van der Waals surface area (Å²) in [4.78, 5) is 40.9. The number of carbonyl (C=O) groups is 2. The van der Waals surface area contributed by atoms with Crippen LogP contribution in [0.2, 0.25) is 0 Å². The fourth-order valence-corrected chi connectivity index (χ4v) is 2.18. The van der Waals surface area contributed by atoms with Gasteiger partial charge < -0.3 is 19.8 Å². The first-order valence-electron chi connectivity index (χ1n) is 6.60. The van der Waals surface area contributed by atoms with E-state index >= 15 is 0 Å². The van der Waals surface area contributed by atoms with Crippen LogP contribution in [0.5, 0.6) is 0 Å². The van der Waals surface area contributed by atoms with E-state index in [1.54, 1.807) is 32.9 Å². The summed E-state index contributed by atoms with van der Waals surface area (Å²) >= 11 is 0. The Kier molecular flexibility index (Phi) is 5.88. The molecule has 0 aliphatic rings. The molecule has 8 heteroatoms. The van der Waals surface area contributed by atoms with Crippen LogP contribution < -0.4 is 5.32 Å². The van der Waals surface area contributed by atoms with Crippen molar-refractivity contribution >= 4 is 19.5 Å². The molecule has 0 aromatic heterocycles. The van der Waals surface area contributed by atoms with Crippen LogP contribution in [0.4, 0.5) is 4.79 Å². The quantitative estimate of drug-likeness (QED) is 0.563. The average molecular weight is 329 g/mol. The number of carbonyl (C=O) groups excluding carboxylic acids is 2. The van der Waals surface area contributed by atoms with Crippen molar-refractivity contribution in [2.45, 2.75) is 32.9 Å². The van der Waals surface area contributed by atoms with Crippen LogP contribution in [0.15, 0.2) is 24.3 Å². The van der Waals surface area contributed by atoms with Crippen molar-refractivity contribution in [3.8, 4) is 0 Å². The maximum absolute atomic E-state index is 11.7. The largest absolute Gasteiger partial charge is 0.444 e. The molecule has 3 N–H and O–H groups in total. The Morgan fingerprint density at radius 3 is 2.45 bits per heavy atom. The van der Waals surface area contributed by atoms with Crippen LogP contribution in [0.25, 0.3) is 0 Å². The van der Waals surface area contributed by atoms with E-state index in [-0.39, 0.29) is 12.1 Å². The van der Waals surface area contributed by atoms with E-state index in [4.69, 9.17) is 14.5 Å². The maximum Gasteiger partial charge on any atom is 0.407 e. The second-order valence-electron chi connectivity index (χ2n) is 5.80. The molecule has 0 radical (unpaired) electrons. The zero-order valence-corrected chi connectivity index (χ0v) is 13.6. The Morgan fingerprint density at radius 1 is 1.27 bits per heavy atom. The third kappa shape index (κ3) is 7.36. The number of benzene rings is 1. The van der Waals surface area contributed by atoms with E-state index in [1.807, 2.05) is 0 Å². The smallest absolute Gasteiger partial charge is 0.407 e. The zero-order valence-electron chi connectivity index (χ0n) is 12.7. The molecule has 1 aromatic rings. The summed E-state index contributed by atoms with van der Waals surface area (Å²) in [6.45, 7) is 5.38. The molecule has 0 saturated heterocycles. The van der Waals surface area contributed by atoms with Crippen molar-refractivity contribution in [3.05, 3.63) is 35.4 Å². The van der Waals surface area contributed by atoms with Crippen molar-refractivity contribution in [1.82, 2.24) is 5.32 Å². The molecular formula is C14H20NO6P. The van der Waals surface area contributed by atoms with Crippen LogP contribution in [0, 0.1) is 0 Å². The second kappa shape index (κ2) is 7.05. The zero-order chi connectivity index (χ0) is 17.0. The van der Waals surface area contributed by atoms with Crippen LogP contribution in [-0.4, -0.2) is 33.4 Å². The molecule has 122 valence electrons. The monoisotopic (exact) mass is 329 g/mol. The first-order valence-corrected chi connectivity index (χ1v) is 8.39. The summed E-state index contributed by atoms with van der Waals surface area (Å²) in [5, 5.41) is 2.54. The summed E-state index contributed by atoms with van der Waals surface area (Å²) in [7, 11) is -4.40. The molecule has 0 fully saturated rings. The van der Waals surface area contributed by atoms with Gasteiger partial charge in [0.15, 0.2) is 5.78 Å². The molecule has 1 aromatic carbocycles. The Labute approximate surface area is 128 Å². The first-order chi connectivity index (χ1) is 9.96. The van der Waals surface area contributed by atoms with Crippen molar-refractivity contribution < 1.29 is 28.7 Å². The van der Waals surface area contributed by atoms with E-state index in [2.05, 4.69) is 5.32 Å². The molecule has 0 unspecified atom stereocenters. The normalized spacial score (nSPS) is 11.9. The van der Waals surface area contributed by atoms with E-state index in [1.165, 1.54) is 12.1 Å². The Balaban J connectivity index is 2.67. The molecule has 0 saturated carbocycles. The minimum atomic E-state index is -4.40. The first kappa shape index (κ1) is 18.4. The highest BCUT2D eigenvalue weighted by atomic mass is 31.2. The Hall–Kier alpha value is -1.69. The van der Waals surface area contributed by atoms with Crippen LogP contribution in [0.3, 0.4) is 0 Å². The third-order valence-electron chi connectivity index (χ3n) is 2.43. The summed E-state index contributed by atoms with van der Waals surface area (Å²) in [5.41, 5.74) is 0.208. The van der Waals surface area contributed by atoms with Crippen molar-refractivity contribution in [2.75, 3.05) is 6.16 Å². The van der Waals surface area contributed by atoms with Gasteiger partial charge in [0.05, 0.1) is 0 Å². The number of hydrogen-bond acceptors (Lipinski definition) is 4. The van der Waals surface area contributed by atoms with Crippen LogP contribution in [0.1, 0.15) is 36.7 Å². The van der Waals surface area contributed by atoms with Gasteiger partial charge in [0.1, 0.15) is 11.8 Å². The van der Waals surface area contributed by atoms with Gasteiger partial charge in [-0.3, -0.25) is 9.36 Å². The summed E-state index contributed by atoms with van der Waals surface area (Å²) < 4.78 is 15.9. The lowest BCUT2D eigenvalue weighted by molar-refractivity contribution is 0.0523. The summed E-state index contributed by atoms with van der Waals surface area (Å²) in [6, 6.07) is 6.22. The molecule has 0 atom stereocenters. The molecule has 0 spiro atoms. The lowest BCUT2D eigenvalue weighted by Crippen LogP contribution is -2.32. The second-order valence-corrected chi connectivity index (χ2v) is 7.45. The van der Waals surface area contributed by atoms with Gasteiger partial charge in [-0.15, -0.1) is 0 Å². The standard InChI is InChI=1S/C14H20NO6P/c1-14(2,3)21-13(17)15-8-10-5-4-6-11(7-10)12(16)9-22(18,19)20/h4-7H,8-9H2,1-3H3,(H,15,17)(H2,18,19,20). The van der Waals surface area contributed by atoms with Crippen LogP contribution >= 0.6 is 7.60 Å². The Morgan fingerprint density at radius 2 is 1.91 bits per heavy atom. The van der Waals surface area contributed by atoms with Gasteiger partial charge in [-0.1, -0.05) is 18.2 Å². The molecule has 0 bridgehead atoms. The van der Waals surface area contributed by atoms with Crippen molar-refractivity contribution in [3.63, 3.8) is 0 Å². The fraction of sp³-hybridized carbons (Fsp3) is 0.429. The number of Topliss-reactive ketones (excluding diaryl/α,β-unsaturated/α-hetero) is 1. The highest BCUT2D eigenvalue weighted by molar-refractivity contribution is 7.52. The van der Waals surface area contributed by atoms with E-state index in [0.29, 0.717) is 5.56 Å². The van der Waals surface area contributed by atoms with E-state index < -0.39 is 31.2 Å². The van der Waals surface area contributed by atoms with Gasteiger partial charge in [0, 0.05) is 12.1 Å². The Bertz CT molecular complexity index is 602. The fourth-order valence-electron chi connectivity index (χ4n) is 1.62. The highest BCUT2D eigenvalue weighted by Gasteiger charge is 2.20. The summed E-state index contributed by atoms with van der Waals surface area (Å²) in [5.74, 6) is -0.646. The maximum atomic E-state index is 11.7. The number of ketones is 1. The average Bonchev–Trinajstić information content (AvgIpc) is 2.32. The van der Waals surface area contributed by atoms with Gasteiger partial charge in [-0.05, 0) is 32.4 Å². The lowest BCUT2D eigenvalue weighted by Gasteiger charge is -2.19. The van der Waals surface area contributed by atoms with Gasteiger partial charge in [0.2, 0.25) is 0 Å². The lowest BCUT2D eigenvalue weighted by atomic mass is 10.1. The van der Waals surface area contributed by atoms with Gasteiger partial charge >= 0.3 is 13.7 Å². The van der Waals surface area contributed by atoms with Gasteiger partial charge in [-0.25, -0.2) is 4.79 Å². The van der Waals surface area contributed by atoms with Crippen LogP contribution in [-0.2, 0) is 15.8 Å². The minimum absolute atomic E-state index is 0.145. The number of hydrogen-bond donors (Lipinski definition) is 3. The van der Waals surface area contributed by atoms with Gasteiger partial charge in [-0.2, -0.15) is 0 Å².